The molecule has 0 radical (unpaired) electrons. The van der Waals surface area contributed by atoms with E-state index in [2.05, 4.69) is 20.2 Å². The van der Waals surface area contributed by atoms with Gasteiger partial charge in [0.25, 0.3) is 5.56 Å². The van der Waals surface area contributed by atoms with Gasteiger partial charge in [-0.3, -0.25) is 4.79 Å². The molecular formula is C20H17ClF3N7O2. The van der Waals surface area contributed by atoms with E-state index in [0.717, 1.165) is 10.7 Å². The summed E-state index contributed by atoms with van der Waals surface area (Å²) in [4.78, 5) is 20.0. The zero-order valence-electron chi connectivity index (χ0n) is 16.9. The van der Waals surface area contributed by atoms with Gasteiger partial charge in [0.1, 0.15) is 5.82 Å². The van der Waals surface area contributed by atoms with Crippen molar-refractivity contribution in [1.82, 2.24) is 29.5 Å². The van der Waals surface area contributed by atoms with Gasteiger partial charge >= 0.3 is 6.18 Å². The van der Waals surface area contributed by atoms with Gasteiger partial charge in [0.2, 0.25) is 5.28 Å². The number of aromatic nitrogens is 6. The number of fused-ring (bicyclic) bond motifs is 1. The van der Waals surface area contributed by atoms with Crippen LogP contribution < -0.4 is 11.3 Å². The van der Waals surface area contributed by atoms with Crippen molar-refractivity contribution in [3.05, 3.63) is 74.6 Å². The molecule has 0 spiro atoms. The third-order valence-corrected chi connectivity index (χ3v) is 5.15. The van der Waals surface area contributed by atoms with Crippen LogP contribution in [-0.2, 0) is 32.3 Å². The topological polar surface area (TPSA) is 125 Å². The Labute approximate surface area is 189 Å². The van der Waals surface area contributed by atoms with Crippen LogP contribution >= 0.6 is 11.6 Å². The minimum Gasteiger partial charge on any atom is -0.390 e. The standard InChI is InChI=1S/C20H17ClF3N7O2/c21-19-27-17(25)14-8-26-31(18(14)28-19)9-11-1-3-15(20(22,23)24)12(7-11)5-6-30-16(33)4-2-13(10-32)29-30/h1-4,7-8,32H,5-6,9-10H2,(H2,25,27,28). The van der Waals surface area contributed by atoms with E-state index in [0.29, 0.717) is 16.6 Å². The summed E-state index contributed by atoms with van der Waals surface area (Å²) in [5, 5.41) is 17.7. The first-order valence-corrected chi connectivity index (χ1v) is 10.0. The van der Waals surface area contributed by atoms with Crippen LogP contribution in [0.4, 0.5) is 19.0 Å². The van der Waals surface area contributed by atoms with E-state index in [1.165, 1.54) is 35.1 Å². The van der Waals surface area contributed by atoms with Crippen LogP contribution in [0.3, 0.4) is 0 Å². The van der Waals surface area contributed by atoms with E-state index < -0.39 is 17.3 Å². The Hall–Kier alpha value is -3.51. The Bertz CT molecular complexity index is 1380. The van der Waals surface area contributed by atoms with Gasteiger partial charge in [-0.15, -0.1) is 0 Å². The summed E-state index contributed by atoms with van der Waals surface area (Å²) in [7, 11) is 0. The van der Waals surface area contributed by atoms with E-state index in [4.69, 9.17) is 17.3 Å². The lowest BCUT2D eigenvalue weighted by Gasteiger charge is -2.15. The van der Waals surface area contributed by atoms with E-state index in [1.54, 1.807) is 0 Å². The summed E-state index contributed by atoms with van der Waals surface area (Å²) >= 11 is 5.87. The second-order valence-electron chi connectivity index (χ2n) is 7.20. The second kappa shape index (κ2) is 8.79. The highest BCUT2D eigenvalue weighted by Gasteiger charge is 2.33. The molecule has 3 N–H and O–H groups in total. The molecule has 0 aliphatic carbocycles. The molecule has 0 amide bonds. The predicted octanol–water partition coefficient (Wildman–Crippen LogP) is 2.42. The first kappa shape index (κ1) is 22.7. The van der Waals surface area contributed by atoms with Crippen molar-refractivity contribution in [2.75, 3.05) is 5.73 Å². The van der Waals surface area contributed by atoms with E-state index in [-0.39, 0.29) is 48.5 Å². The Morgan fingerprint density at radius 1 is 1.12 bits per heavy atom. The summed E-state index contributed by atoms with van der Waals surface area (Å²) < 4.78 is 43.3. The number of hydrogen-bond donors (Lipinski definition) is 2. The maximum Gasteiger partial charge on any atom is 0.416 e. The molecule has 33 heavy (non-hydrogen) atoms. The van der Waals surface area contributed by atoms with Gasteiger partial charge < -0.3 is 10.8 Å². The number of aliphatic hydroxyl groups excluding tert-OH is 1. The Morgan fingerprint density at radius 2 is 1.91 bits per heavy atom. The number of aryl methyl sites for hydroxylation is 2. The van der Waals surface area contributed by atoms with Gasteiger partial charge in [-0.25, -0.2) is 14.3 Å². The molecule has 3 heterocycles. The fraction of sp³-hybridized carbons (Fsp3) is 0.250. The number of alkyl halides is 3. The van der Waals surface area contributed by atoms with Gasteiger partial charge in [-0.05, 0) is 41.3 Å². The molecule has 0 saturated heterocycles. The first-order valence-electron chi connectivity index (χ1n) is 9.67. The van der Waals surface area contributed by atoms with E-state index in [9.17, 15) is 23.1 Å². The highest BCUT2D eigenvalue weighted by Crippen LogP contribution is 2.33. The van der Waals surface area contributed by atoms with Crippen LogP contribution in [0.1, 0.15) is 22.4 Å². The van der Waals surface area contributed by atoms with Crippen molar-refractivity contribution in [2.45, 2.75) is 32.3 Å². The lowest BCUT2D eigenvalue weighted by atomic mass is 10.0. The molecule has 0 aliphatic rings. The van der Waals surface area contributed by atoms with Crippen molar-refractivity contribution < 1.29 is 18.3 Å². The number of benzene rings is 1. The zero-order valence-corrected chi connectivity index (χ0v) is 17.7. The van der Waals surface area contributed by atoms with Crippen molar-refractivity contribution >= 4 is 28.5 Å². The van der Waals surface area contributed by atoms with Crippen LogP contribution in [-0.4, -0.2) is 34.6 Å². The Kier molecular flexibility index (Phi) is 6.04. The van der Waals surface area contributed by atoms with Crippen molar-refractivity contribution in [3.8, 4) is 0 Å². The van der Waals surface area contributed by atoms with E-state index >= 15 is 0 Å². The van der Waals surface area contributed by atoms with Crippen molar-refractivity contribution in [1.29, 1.82) is 0 Å². The van der Waals surface area contributed by atoms with Gasteiger partial charge in [-0.2, -0.15) is 28.4 Å². The molecule has 4 rings (SSSR count). The van der Waals surface area contributed by atoms with Crippen molar-refractivity contribution in [3.63, 3.8) is 0 Å². The third-order valence-electron chi connectivity index (χ3n) is 4.98. The molecule has 172 valence electrons. The average Bonchev–Trinajstić information content (AvgIpc) is 3.15. The molecule has 13 heteroatoms. The molecule has 4 aromatic rings. The maximum atomic E-state index is 13.6. The number of nitrogens with two attached hydrogens (primary N) is 1. The number of aliphatic hydroxyl groups is 1. The molecule has 0 unspecified atom stereocenters. The molecular weight excluding hydrogens is 463 g/mol. The van der Waals surface area contributed by atoms with Gasteiger partial charge in [0.05, 0.1) is 36.0 Å². The Morgan fingerprint density at radius 3 is 2.64 bits per heavy atom. The zero-order chi connectivity index (χ0) is 23.8. The normalized spacial score (nSPS) is 11.9. The van der Waals surface area contributed by atoms with Crippen LogP contribution in [0.5, 0.6) is 0 Å². The molecule has 3 aromatic heterocycles. The molecule has 0 bridgehead atoms. The summed E-state index contributed by atoms with van der Waals surface area (Å²) in [5.74, 6) is 0.146. The molecule has 0 aliphatic heterocycles. The Balaban J connectivity index is 1.67. The van der Waals surface area contributed by atoms with Crippen molar-refractivity contribution in [2.24, 2.45) is 0 Å². The van der Waals surface area contributed by atoms with Gasteiger partial charge in [0, 0.05) is 12.6 Å². The summed E-state index contributed by atoms with van der Waals surface area (Å²) in [6.45, 7) is -0.373. The SMILES string of the molecule is Nc1nc(Cl)nc2c1cnn2Cc1ccc(C(F)(F)F)c(CCn2nc(CO)ccc2=O)c1. The largest absolute Gasteiger partial charge is 0.416 e. The molecule has 9 nitrogen and oxygen atoms in total. The molecule has 0 fully saturated rings. The maximum absolute atomic E-state index is 13.6. The van der Waals surface area contributed by atoms with E-state index in [1.807, 2.05) is 0 Å². The molecule has 0 saturated carbocycles. The highest BCUT2D eigenvalue weighted by atomic mass is 35.5. The fourth-order valence-electron chi connectivity index (χ4n) is 3.43. The minimum absolute atomic E-state index is 0.00765. The van der Waals surface area contributed by atoms with Crippen LogP contribution in [0.15, 0.2) is 41.3 Å². The molecule has 0 atom stereocenters. The fourth-order valence-corrected chi connectivity index (χ4v) is 3.60. The van der Waals surface area contributed by atoms with Crippen LogP contribution in [0.2, 0.25) is 5.28 Å². The van der Waals surface area contributed by atoms with Gasteiger partial charge in [0.15, 0.2) is 5.65 Å². The number of nitrogens with zero attached hydrogens (tertiary/aromatic N) is 6. The lowest BCUT2D eigenvalue weighted by molar-refractivity contribution is -0.138. The smallest absolute Gasteiger partial charge is 0.390 e. The third kappa shape index (κ3) is 4.81. The van der Waals surface area contributed by atoms with Crippen LogP contribution in [0, 0.1) is 0 Å². The number of halogens is 4. The number of hydrogen-bond acceptors (Lipinski definition) is 7. The van der Waals surface area contributed by atoms with Gasteiger partial charge in [-0.1, -0.05) is 12.1 Å². The quantitative estimate of drug-likeness (QED) is 0.407. The lowest BCUT2D eigenvalue weighted by Crippen LogP contribution is -2.24. The first-order chi connectivity index (χ1) is 15.7. The second-order valence-corrected chi connectivity index (χ2v) is 7.54. The summed E-state index contributed by atoms with van der Waals surface area (Å²) in [6.07, 6.45) is -3.23. The number of rotatable bonds is 6. The minimum atomic E-state index is -4.58. The predicted molar refractivity (Wildman–Crippen MR) is 113 cm³/mol. The summed E-state index contributed by atoms with van der Waals surface area (Å²) in [5.41, 5.74) is 5.65. The number of anilines is 1. The summed E-state index contributed by atoms with van der Waals surface area (Å²) in [6, 6.07) is 6.32. The average molecular weight is 480 g/mol. The highest BCUT2D eigenvalue weighted by molar-refractivity contribution is 6.28. The molecule has 1 aromatic carbocycles. The monoisotopic (exact) mass is 479 g/mol. The van der Waals surface area contributed by atoms with Crippen LogP contribution in [0.25, 0.3) is 11.0 Å². The number of nitrogen functional groups attached to an aromatic ring is 1.